The lowest BCUT2D eigenvalue weighted by Crippen LogP contribution is -1.99. The Morgan fingerprint density at radius 2 is 0.577 bits per heavy atom. The Bertz CT molecular complexity index is 2910. The van der Waals surface area contributed by atoms with Crippen LogP contribution in [0.2, 0.25) is 0 Å². The maximum Gasteiger partial charge on any atom is 0.0580 e. The second-order valence-corrected chi connectivity index (χ2v) is 13.8. The van der Waals surface area contributed by atoms with E-state index in [4.69, 9.17) is 0 Å². The average molecular weight is 665 g/mol. The molecule has 0 radical (unpaired) electrons. The van der Waals surface area contributed by atoms with Crippen LogP contribution in [0, 0.1) is 13.8 Å². The topological polar surface area (TPSA) is 9.86 Å². The van der Waals surface area contributed by atoms with Crippen molar-refractivity contribution >= 4 is 43.6 Å². The van der Waals surface area contributed by atoms with Gasteiger partial charge in [0.25, 0.3) is 0 Å². The van der Waals surface area contributed by atoms with Crippen molar-refractivity contribution in [2.45, 2.75) is 13.8 Å². The smallest absolute Gasteiger partial charge is 0.0580 e. The van der Waals surface area contributed by atoms with Crippen molar-refractivity contribution in [3.05, 3.63) is 193 Å². The minimum Gasteiger partial charge on any atom is -0.309 e. The van der Waals surface area contributed by atoms with E-state index >= 15 is 0 Å². The maximum absolute atomic E-state index is 2.48. The van der Waals surface area contributed by atoms with Gasteiger partial charge in [-0.2, -0.15) is 0 Å². The molecule has 246 valence electrons. The van der Waals surface area contributed by atoms with Gasteiger partial charge < -0.3 is 9.13 Å². The lowest BCUT2D eigenvalue weighted by molar-refractivity contribution is 1.16. The minimum absolute atomic E-state index is 1.16. The molecule has 0 saturated carbocycles. The van der Waals surface area contributed by atoms with Crippen molar-refractivity contribution in [2.75, 3.05) is 0 Å². The maximum atomic E-state index is 2.48. The quantitative estimate of drug-likeness (QED) is 0.173. The standard InChI is InChI=1S/C50H36N2/c1-33-48-44-18-10-12-20-46(44)52(42-31-27-40(28-32-42)38-23-21-37(22-24-38)35-13-5-3-6-14-35)50(48)34(2)47-43-17-9-11-19-45(43)51(49(33)47)41-29-25-39(26-30-41)36-15-7-4-8-16-36/h3-32H,1-2H3. The first-order chi connectivity index (χ1) is 25.7. The van der Waals surface area contributed by atoms with E-state index in [0.717, 1.165) is 5.69 Å². The highest BCUT2D eigenvalue weighted by Crippen LogP contribution is 2.45. The van der Waals surface area contributed by atoms with Crippen LogP contribution in [0.25, 0.3) is 88.4 Å². The van der Waals surface area contributed by atoms with Crippen LogP contribution in [-0.4, -0.2) is 9.13 Å². The normalized spacial score (nSPS) is 11.7. The van der Waals surface area contributed by atoms with E-state index in [1.165, 1.54) is 93.8 Å². The fraction of sp³-hybridized carbons (Fsp3) is 0.0400. The number of aryl methyl sites for hydroxylation is 2. The van der Waals surface area contributed by atoms with Crippen molar-refractivity contribution in [2.24, 2.45) is 0 Å². The van der Waals surface area contributed by atoms with Gasteiger partial charge in [0.2, 0.25) is 0 Å². The third-order valence-electron chi connectivity index (χ3n) is 10.9. The summed E-state index contributed by atoms with van der Waals surface area (Å²) in [5.41, 5.74) is 17.3. The SMILES string of the molecule is Cc1c2c3ccccc3n(-c3ccc(-c4ccc(-c5ccccc5)cc4)cc3)c2c(C)c2c3ccccc3n(-c3ccc(-c4ccccc4)cc3)c12. The molecule has 0 aliphatic rings. The highest BCUT2D eigenvalue weighted by molar-refractivity contribution is 6.23. The summed E-state index contributed by atoms with van der Waals surface area (Å²) in [6.07, 6.45) is 0. The highest BCUT2D eigenvalue weighted by atomic mass is 15.0. The summed E-state index contributed by atoms with van der Waals surface area (Å²) in [6, 6.07) is 66.0. The molecule has 0 bridgehead atoms. The Morgan fingerprint density at radius 3 is 0.942 bits per heavy atom. The summed E-state index contributed by atoms with van der Waals surface area (Å²) in [5.74, 6) is 0. The Morgan fingerprint density at radius 1 is 0.288 bits per heavy atom. The summed E-state index contributed by atoms with van der Waals surface area (Å²) in [7, 11) is 0. The number of aromatic nitrogens is 2. The molecule has 0 spiro atoms. The van der Waals surface area contributed by atoms with Gasteiger partial charge in [0.15, 0.2) is 0 Å². The molecule has 0 N–H and O–H groups in total. The Hall–Kier alpha value is -6.64. The summed E-state index contributed by atoms with van der Waals surface area (Å²) in [6.45, 7) is 4.63. The third kappa shape index (κ3) is 4.65. The van der Waals surface area contributed by atoms with Gasteiger partial charge in [-0.05, 0) is 94.8 Å². The van der Waals surface area contributed by atoms with Gasteiger partial charge in [0, 0.05) is 32.9 Å². The molecule has 10 rings (SSSR count). The minimum atomic E-state index is 1.16. The van der Waals surface area contributed by atoms with E-state index in [2.05, 4.69) is 205 Å². The van der Waals surface area contributed by atoms with E-state index in [1.54, 1.807) is 0 Å². The molecule has 0 unspecified atom stereocenters. The Balaban J connectivity index is 1.16. The number of benzene rings is 8. The van der Waals surface area contributed by atoms with Crippen LogP contribution in [0.3, 0.4) is 0 Å². The Kier molecular flexibility index (Phi) is 6.97. The lowest BCUT2D eigenvalue weighted by Gasteiger charge is -2.15. The predicted octanol–water partition coefficient (Wildman–Crippen LogP) is 13.5. The van der Waals surface area contributed by atoms with E-state index in [1.807, 2.05) is 0 Å². The van der Waals surface area contributed by atoms with Crippen molar-refractivity contribution in [3.63, 3.8) is 0 Å². The zero-order valence-electron chi connectivity index (χ0n) is 29.2. The predicted molar refractivity (Wildman–Crippen MR) is 221 cm³/mol. The van der Waals surface area contributed by atoms with Crippen LogP contribution in [0.4, 0.5) is 0 Å². The number of nitrogens with zero attached hydrogens (tertiary/aromatic N) is 2. The molecule has 10 aromatic rings. The molecule has 0 atom stereocenters. The van der Waals surface area contributed by atoms with Crippen LogP contribution in [-0.2, 0) is 0 Å². The first-order valence-electron chi connectivity index (χ1n) is 18.0. The number of fused-ring (bicyclic) bond motifs is 6. The monoisotopic (exact) mass is 664 g/mol. The van der Waals surface area contributed by atoms with Crippen LogP contribution in [0.5, 0.6) is 0 Å². The molecule has 8 aromatic carbocycles. The summed E-state index contributed by atoms with van der Waals surface area (Å²) >= 11 is 0. The van der Waals surface area contributed by atoms with Crippen molar-refractivity contribution < 1.29 is 0 Å². The fourth-order valence-electron chi connectivity index (χ4n) is 8.44. The summed E-state index contributed by atoms with van der Waals surface area (Å²) < 4.78 is 4.96. The van der Waals surface area contributed by atoms with Crippen molar-refractivity contribution in [1.29, 1.82) is 0 Å². The summed E-state index contributed by atoms with van der Waals surface area (Å²) in [4.78, 5) is 0. The van der Waals surface area contributed by atoms with Crippen LogP contribution in [0.15, 0.2) is 182 Å². The molecule has 0 amide bonds. The van der Waals surface area contributed by atoms with Crippen molar-refractivity contribution in [3.8, 4) is 44.8 Å². The van der Waals surface area contributed by atoms with Crippen molar-refractivity contribution in [1.82, 2.24) is 9.13 Å². The highest BCUT2D eigenvalue weighted by Gasteiger charge is 2.24. The Labute approximate surface area is 303 Å². The zero-order valence-corrected chi connectivity index (χ0v) is 29.2. The first kappa shape index (κ1) is 30.2. The van der Waals surface area contributed by atoms with E-state index in [9.17, 15) is 0 Å². The average Bonchev–Trinajstić information content (AvgIpc) is 3.76. The second-order valence-electron chi connectivity index (χ2n) is 13.8. The first-order valence-corrected chi connectivity index (χ1v) is 18.0. The zero-order chi connectivity index (χ0) is 34.8. The van der Waals surface area contributed by atoms with E-state index < -0.39 is 0 Å². The van der Waals surface area contributed by atoms with Gasteiger partial charge >= 0.3 is 0 Å². The van der Waals surface area contributed by atoms with Gasteiger partial charge in [0.1, 0.15) is 0 Å². The summed E-state index contributed by atoms with van der Waals surface area (Å²) in [5, 5.41) is 5.17. The van der Waals surface area contributed by atoms with Crippen LogP contribution < -0.4 is 0 Å². The van der Waals surface area contributed by atoms with Crippen LogP contribution >= 0.6 is 0 Å². The molecule has 2 heteroatoms. The lowest BCUT2D eigenvalue weighted by atomic mass is 9.98. The molecule has 2 aromatic heterocycles. The molecule has 0 aliphatic heterocycles. The molecule has 0 fully saturated rings. The number of hydrogen-bond donors (Lipinski definition) is 0. The second kappa shape index (κ2) is 12.0. The van der Waals surface area contributed by atoms with Gasteiger partial charge in [-0.15, -0.1) is 0 Å². The van der Waals surface area contributed by atoms with Gasteiger partial charge in [0.05, 0.1) is 22.1 Å². The molecule has 2 nitrogen and oxygen atoms in total. The third-order valence-corrected chi connectivity index (χ3v) is 10.9. The molecule has 52 heavy (non-hydrogen) atoms. The molecule has 0 aliphatic carbocycles. The molecule has 0 saturated heterocycles. The molecular formula is C50H36N2. The van der Waals surface area contributed by atoms with E-state index in [0.29, 0.717) is 0 Å². The number of rotatable bonds is 5. The number of para-hydroxylation sites is 2. The van der Waals surface area contributed by atoms with Gasteiger partial charge in [-0.3, -0.25) is 0 Å². The molecule has 2 heterocycles. The fourth-order valence-corrected chi connectivity index (χ4v) is 8.44. The van der Waals surface area contributed by atoms with E-state index in [-0.39, 0.29) is 0 Å². The van der Waals surface area contributed by atoms with Crippen LogP contribution in [0.1, 0.15) is 11.1 Å². The largest absolute Gasteiger partial charge is 0.309 e. The van der Waals surface area contributed by atoms with Gasteiger partial charge in [-0.1, -0.05) is 146 Å². The molecular weight excluding hydrogens is 629 g/mol. The number of hydrogen-bond acceptors (Lipinski definition) is 0. The van der Waals surface area contributed by atoms with Gasteiger partial charge in [-0.25, -0.2) is 0 Å².